The van der Waals surface area contributed by atoms with Crippen LogP contribution in [0.5, 0.6) is 0 Å². The van der Waals surface area contributed by atoms with E-state index in [0.717, 1.165) is 19.3 Å². The van der Waals surface area contributed by atoms with Gasteiger partial charge in [0, 0.05) is 12.3 Å². The van der Waals surface area contributed by atoms with Crippen LogP contribution in [0.4, 0.5) is 0 Å². The molecule has 0 aromatic rings. The lowest BCUT2D eigenvalue weighted by Crippen LogP contribution is -2.24. The van der Waals surface area contributed by atoms with Gasteiger partial charge in [-0.25, -0.2) is 0 Å². The van der Waals surface area contributed by atoms with E-state index in [1.807, 2.05) is 6.08 Å². The van der Waals surface area contributed by atoms with E-state index >= 15 is 0 Å². The van der Waals surface area contributed by atoms with Gasteiger partial charge in [-0.15, -0.1) is 6.58 Å². The maximum Gasteiger partial charge on any atom is 0.136 e. The molecule has 1 fully saturated rings. The van der Waals surface area contributed by atoms with E-state index in [9.17, 15) is 4.79 Å². The highest BCUT2D eigenvalue weighted by molar-refractivity contribution is 5.83. The molecular formula is C10H16O. The van der Waals surface area contributed by atoms with Crippen molar-refractivity contribution in [3.63, 3.8) is 0 Å². The normalized spacial score (nSPS) is 25.6. The molecule has 0 N–H and O–H groups in total. The summed E-state index contributed by atoms with van der Waals surface area (Å²) in [5.41, 5.74) is 0.00752. The van der Waals surface area contributed by atoms with Crippen molar-refractivity contribution >= 4 is 5.78 Å². The molecule has 1 aliphatic rings. The fraction of sp³-hybridized carbons (Fsp3) is 0.700. The maximum absolute atomic E-state index is 11.3. The average molecular weight is 152 g/mol. The van der Waals surface area contributed by atoms with Crippen LogP contribution in [0.15, 0.2) is 12.7 Å². The molecule has 0 radical (unpaired) electrons. The summed E-state index contributed by atoms with van der Waals surface area (Å²) in [6, 6.07) is 0. The quantitative estimate of drug-likeness (QED) is 0.556. The van der Waals surface area contributed by atoms with Gasteiger partial charge in [0.15, 0.2) is 0 Å². The summed E-state index contributed by atoms with van der Waals surface area (Å²) in [6.07, 6.45) is 4.81. The Labute approximate surface area is 68.5 Å². The lowest BCUT2D eigenvalue weighted by molar-refractivity contribution is -0.122. The summed E-state index contributed by atoms with van der Waals surface area (Å²) in [5, 5.41) is 0. The van der Waals surface area contributed by atoms with Gasteiger partial charge in [0.05, 0.1) is 0 Å². The molecule has 0 aliphatic heterocycles. The van der Waals surface area contributed by atoms with Gasteiger partial charge in [0.1, 0.15) is 5.78 Å². The SMILES string of the molecule is C=CC(C)(C)C1CCCC1=O. The average Bonchev–Trinajstić information content (AvgIpc) is 2.36. The van der Waals surface area contributed by atoms with Crippen LogP contribution in [0.1, 0.15) is 33.1 Å². The fourth-order valence-corrected chi connectivity index (χ4v) is 1.74. The summed E-state index contributed by atoms with van der Waals surface area (Å²) >= 11 is 0. The first-order valence-electron chi connectivity index (χ1n) is 4.24. The third-order valence-corrected chi connectivity index (χ3v) is 2.73. The second-order valence-electron chi connectivity index (χ2n) is 3.94. The van der Waals surface area contributed by atoms with Crippen molar-refractivity contribution in [3.8, 4) is 0 Å². The van der Waals surface area contributed by atoms with Gasteiger partial charge in [0.2, 0.25) is 0 Å². The minimum Gasteiger partial charge on any atom is -0.299 e. The molecule has 1 atom stereocenters. The molecule has 1 rings (SSSR count). The highest BCUT2D eigenvalue weighted by Gasteiger charge is 2.35. The molecule has 11 heavy (non-hydrogen) atoms. The fourth-order valence-electron chi connectivity index (χ4n) is 1.74. The number of hydrogen-bond donors (Lipinski definition) is 0. The smallest absolute Gasteiger partial charge is 0.136 e. The summed E-state index contributed by atoms with van der Waals surface area (Å²) in [4.78, 5) is 11.3. The maximum atomic E-state index is 11.3. The summed E-state index contributed by atoms with van der Waals surface area (Å²) in [6.45, 7) is 7.94. The van der Waals surface area contributed by atoms with E-state index in [1.54, 1.807) is 0 Å². The Hall–Kier alpha value is -0.590. The van der Waals surface area contributed by atoms with Crippen molar-refractivity contribution in [2.24, 2.45) is 11.3 Å². The molecule has 1 unspecified atom stereocenters. The zero-order valence-electron chi connectivity index (χ0n) is 7.39. The van der Waals surface area contributed by atoms with Crippen LogP contribution < -0.4 is 0 Å². The molecular weight excluding hydrogens is 136 g/mol. The highest BCUT2D eigenvalue weighted by Crippen LogP contribution is 2.37. The van der Waals surface area contributed by atoms with Crippen LogP contribution in [0.2, 0.25) is 0 Å². The van der Waals surface area contributed by atoms with Crippen molar-refractivity contribution in [2.45, 2.75) is 33.1 Å². The van der Waals surface area contributed by atoms with E-state index in [-0.39, 0.29) is 11.3 Å². The number of rotatable bonds is 2. The largest absolute Gasteiger partial charge is 0.299 e. The highest BCUT2D eigenvalue weighted by atomic mass is 16.1. The number of allylic oxidation sites excluding steroid dienone is 1. The molecule has 1 heteroatoms. The summed E-state index contributed by atoms with van der Waals surface area (Å²) < 4.78 is 0. The lowest BCUT2D eigenvalue weighted by atomic mass is 9.77. The Balaban J connectivity index is 2.73. The number of hydrogen-bond acceptors (Lipinski definition) is 1. The van der Waals surface area contributed by atoms with Crippen LogP contribution in [0.3, 0.4) is 0 Å². The molecule has 1 saturated carbocycles. The number of carbonyl (C=O) groups is 1. The van der Waals surface area contributed by atoms with Crippen LogP contribution >= 0.6 is 0 Å². The number of ketones is 1. The Kier molecular flexibility index (Phi) is 2.17. The molecule has 0 aromatic carbocycles. The first-order valence-corrected chi connectivity index (χ1v) is 4.24. The Morgan fingerprint density at radius 2 is 2.27 bits per heavy atom. The Bertz CT molecular complexity index is 179. The molecule has 0 aromatic heterocycles. The van der Waals surface area contributed by atoms with Crippen LogP contribution in [-0.2, 0) is 4.79 Å². The number of carbonyl (C=O) groups excluding carboxylic acids is 1. The van der Waals surface area contributed by atoms with Gasteiger partial charge in [-0.1, -0.05) is 19.9 Å². The van der Waals surface area contributed by atoms with E-state index in [2.05, 4.69) is 20.4 Å². The third-order valence-electron chi connectivity index (χ3n) is 2.73. The molecule has 0 bridgehead atoms. The molecule has 1 nitrogen and oxygen atoms in total. The predicted octanol–water partition coefficient (Wildman–Crippen LogP) is 2.57. The van der Waals surface area contributed by atoms with Gasteiger partial charge < -0.3 is 0 Å². The van der Waals surface area contributed by atoms with Crippen molar-refractivity contribution < 1.29 is 4.79 Å². The van der Waals surface area contributed by atoms with Crippen LogP contribution in [-0.4, -0.2) is 5.78 Å². The van der Waals surface area contributed by atoms with E-state index in [1.165, 1.54) is 0 Å². The second kappa shape index (κ2) is 2.80. The Morgan fingerprint density at radius 1 is 1.64 bits per heavy atom. The molecule has 0 saturated heterocycles. The van der Waals surface area contributed by atoms with E-state index in [0.29, 0.717) is 5.78 Å². The molecule has 0 heterocycles. The lowest BCUT2D eigenvalue weighted by Gasteiger charge is -2.26. The standard InChI is InChI=1S/C10H16O/c1-4-10(2,3)8-6-5-7-9(8)11/h4,8H,1,5-7H2,2-3H3. The van der Waals surface area contributed by atoms with Gasteiger partial charge in [0.25, 0.3) is 0 Å². The van der Waals surface area contributed by atoms with Gasteiger partial charge in [-0.2, -0.15) is 0 Å². The van der Waals surface area contributed by atoms with Crippen molar-refractivity contribution in [1.82, 2.24) is 0 Å². The van der Waals surface area contributed by atoms with Gasteiger partial charge in [-0.05, 0) is 18.3 Å². The topological polar surface area (TPSA) is 17.1 Å². The van der Waals surface area contributed by atoms with Gasteiger partial charge in [-0.3, -0.25) is 4.79 Å². The second-order valence-corrected chi connectivity index (χ2v) is 3.94. The predicted molar refractivity (Wildman–Crippen MR) is 46.3 cm³/mol. The Morgan fingerprint density at radius 3 is 2.64 bits per heavy atom. The molecule has 1 aliphatic carbocycles. The van der Waals surface area contributed by atoms with E-state index < -0.39 is 0 Å². The third kappa shape index (κ3) is 1.52. The van der Waals surface area contributed by atoms with Crippen molar-refractivity contribution in [2.75, 3.05) is 0 Å². The van der Waals surface area contributed by atoms with Crippen molar-refractivity contribution in [1.29, 1.82) is 0 Å². The number of Topliss-reactive ketones (excluding diaryl/α,β-unsaturated/α-hetero) is 1. The van der Waals surface area contributed by atoms with Crippen LogP contribution in [0.25, 0.3) is 0 Å². The molecule has 0 spiro atoms. The zero-order chi connectivity index (χ0) is 8.48. The van der Waals surface area contributed by atoms with Gasteiger partial charge >= 0.3 is 0 Å². The van der Waals surface area contributed by atoms with Crippen molar-refractivity contribution in [3.05, 3.63) is 12.7 Å². The van der Waals surface area contributed by atoms with E-state index in [4.69, 9.17) is 0 Å². The molecule has 0 amide bonds. The van der Waals surface area contributed by atoms with Crippen LogP contribution in [0, 0.1) is 11.3 Å². The monoisotopic (exact) mass is 152 g/mol. The first-order chi connectivity index (χ1) is 5.08. The summed E-state index contributed by atoms with van der Waals surface area (Å²) in [7, 11) is 0. The minimum atomic E-state index is 0.00752. The first kappa shape index (κ1) is 8.51. The summed E-state index contributed by atoms with van der Waals surface area (Å²) in [5.74, 6) is 0.662. The zero-order valence-corrected chi connectivity index (χ0v) is 7.39. The molecule has 62 valence electrons. The minimum absolute atomic E-state index is 0.00752.